The van der Waals surface area contributed by atoms with Crippen molar-refractivity contribution in [2.45, 2.75) is 0 Å². The van der Waals surface area contributed by atoms with Gasteiger partial charge in [-0.2, -0.15) is 4.57 Å². The molecule has 0 aliphatic heterocycles. The smallest absolute Gasteiger partial charge is 0.389 e. The summed E-state index contributed by atoms with van der Waals surface area (Å²) in [7, 11) is 1.35. The molecule has 70 valence electrons. The minimum atomic E-state index is -0.734. The van der Waals surface area contributed by atoms with Crippen molar-refractivity contribution < 1.29 is 14.5 Å². The van der Waals surface area contributed by atoms with Crippen LogP contribution in [0.5, 0.6) is 5.88 Å². The predicted molar refractivity (Wildman–Crippen MR) is 41.0 cm³/mol. The van der Waals surface area contributed by atoms with E-state index in [4.69, 9.17) is 5.73 Å². The van der Waals surface area contributed by atoms with Crippen LogP contribution in [0.25, 0.3) is 0 Å². The number of hydrogen-bond donors (Lipinski definition) is 1. The lowest BCUT2D eigenvalue weighted by molar-refractivity contribution is -0.392. The van der Waals surface area contributed by atoms with Crippen molar-refractivity contribution in [3.8, 4) is 5.88 Å². The van der Waals surface area contributed by atoms with Crippen LogP contribution in [-0.4, -0.2) is 20.9 Å². The van der Waals surface area contributed by atoms with Crippen LogP contribution in [0.4, 0.5) is 11.8 Å². The summed E-state index contributed by atoms with van der Waals surface area (Å²) >= 11 is 0. The number of nitrogens with two attached hydrogens (primary N) is 1. The van der Waals surface area contributed by atoms with E-state index >= 15 is 0 Å². The number of carbonyl (C=O) groups is 1. The fourth-order valence-corrected chi connectivity index (χ4v) is 0.806. The Morgan fingerprint density at radius 2 is 2.38 bits per heavy atom. The molecule has 0 saturated carbocycles. The van der Waals surface area contributed by atoms with Crippen LogP contribution in [0.15, 0.2) is 0 Å². The van der Waals surface area contributed by atoms with E-state index in [0.29, 0.717) is 0 Å². The summed E-state index contributed by atoms with van der Waals surface area (Å²) in [6.07, 6.45) is 0. The second-order valence-electron chi connectivity index (χ2n) is 2.13. The molecule has 0 radical (unpaired) electrons. The molecule has 0 bridgehead atoms. The zero-order valence-electron chi connectivity index (χ0n) is 6.63. The van der Waals surface area contributed by atoms with Crippen LogP contribution in [0.2, 0.25) is 0 Å². The topological polar surface area (TPSA) is 113 Å². The molecule has 0 fully saturated rings. The van der Waals surface area contributed by atoms with E-state index in [9.17, 15) is 14.9 Å². The highest BCUT2D eigenvalue weighted by Gasteiger charge is 2.24. The van der Waals surface area contributed by atoms with Gasteiger partial charge in [-0.1, -0.05) is 0 Å². The first kappa shape index (κ1) is 8.97. The van der Waals surface area contributed by atoms with Crippen molar-refractivity contribution in [2.75, 3.05) is 5.73 Å². The summed E-state index contributed by atoms with van der Waals surface area (Å²) in [6.45, 7) is 0.0504. The minimum Gasteiger partial charge on any atom is -0.402 e. The Balaban J connectivity index is 3.26. The molecule has 2 N–H and O–H groups in total. The van der Waals surface area contributed by atoms with Gasteiger partial charge < -0.3 is 20.6 Å². The zero-order chi connectivity index (χ0) is 10.0. The first-order valence-electron chi connectivity index (χ1n) is 3.14. The van der Waals surface area contributed by atoms with Crippen molar-refractivity contribution in [3.05, 3.63) is 10.1 Å². The van der Waals surface area contributed by atoms with Crippen molar-refractivity contribution in [2.24, 2.45) is 7.05 Å². The van der Waals surface area contributed by atoms with Gasteiger partial charge in [0.15, 0.2) is 0 Å². The molecule has 1 aromatic heterocycles. The maximum absolute atomic E-state index is 10.4. The molecular weight excluding hydrogens is 180 g/mol. The predicted octanol–water partition coefficient (Wildman–Crippen LogP) is -0.554. The number of anilines is 1. The summed E-state index contributed by atoms with van der Waals surface area (Å²) < 4.78 is 5.28. The number of nitrogens with zero attached hydrogens (tertiary/aromatic N) is 3. The number of nitro groups is 1. The fraction of sp³-hybridized carbons (Fsp3) is 0.200. The molecule has 1 rings (SSSR count). The summed E-state index contributed by atoms with van der Waals surface area (Å²) in [5.74, 6) is -0.951. The highest BCUT2D eigenvalue weighted by Crippen LogP contribution is 2.26. The molecule has 8 nitrogen and oxygen atoms in total. The molecule has 0 unspecified atom stereocenters. The Labute approximate surface area is 72.1 Å². The van der Waals surface area contributed by atoms with Gasteiger partial charge >= 0.3 is 11.7 Å². The van der Waals surface area contributed by atoms with Crippen LogP contribution >= 0.6 is 0 Å². The standard InChI is InChI=1S/C5H6N4O4/c1-8-4(9(11)12)3(13-2-10)7-5(8)6/h2H,1H3,(H2,6,7). The number of rotatable bonds is 3. The molecular formula is C5H6N4O4. The van der Waals surface area contributed by atoms with Crippen LogP contribution < -0.4 is 10.5 Å². The molecule has 0 aromatic carbocycles. The van der Waals surface area contributed by atoms with Crippen molar-refractivity contribution in [1.29, 1.82) is 0 Å². The molecule has 1 aromatic rings. The Bertz CT molecular complexity index is 358. The lowest BCUT2D eigenvalue weighted by Gasteiger charge is -1.95. The number of carbonyl (C=O) groups excluding carboxylic acids is 1. The molecule has 0 aliphatic carbocycles. The summed E-state index contributed by atoms with van der Waals surface area (Å²) in [5, 5.41) is 10.4. The Kier molecular flexibility index (Phi) is 2.13. The van der Waals surface area contributed by atoms with Gasteiger partial charge in [0, 0.05) is 0 Å². The third-order valence-corrected chi connectivity index (χ3v) is 1.40. The number of imidazole rings is 1. The van der Waals surface area contributed by atoms with E-state index in [-0.39, 0.29) is 12.4 Å². The minimum absolute atomic E-state index is 0.0504. The molecule has 0 spiro atoms. The second kappa shape index (κ2) is 3.09. The Morgan fingerprint density at radius 1 is 1.77 bits per heavy atom. The Morgan fingerprint density at radius 3 is 2.85 bits per heavy atom. The van der Waals surface area contributed by atoms with Gasteiger partial charge in [0.2, 0.25) is 0 Å². The summed E-state index contributed by atoms with van der Waals surface area (Å²) in [5.41, 5.74) is 5.26. The van der Waals surface area contributed by atoms with Gasteiger partial charge in [0.25, 0.3) is 12.4 Å². The highest BCUT2D eigenvalue weighted by atomic mass is 16.6. The van der Waals surface area contributed by atoms with Crippen LogP contribution in [0, 0.1) is 10.1 Å². The monoisotopic (exact) mass is 186 g/mol. The second-order valence-corrected chi connectivity index (χ2v) is 2.13. The van der Waals surface area contributed by atoms with Gasteiger partial charge in [0.1, 0.15) is 0 Å². The van der Waals surface area contributed by atoms with Crippen molar-refractivity contribution in [3.63, 3.8) is 0 Å². The molecule has 0 saturated heterocycles. The molecule has 0 aliphatic rings. The van der Waals surface area contributed by atoms with E-state index in [1.54, 1.807) is 0 Å². The van der Waals surface area contributed by atoms with Gasteiger partial charge in [-0.05, 0) is 4.92 Å². The highest BCUT2D eigenvalue weighted by molar-refractivity contribution is 5.51. The van der Waals surface area contributed by atoms with E-state index in [0.717, 1.165) is 4.57 Å². The molecule has 13 heavy (non-hydrogen) atoms. The number of ether oxygens (including phenoxy) is 1. The normalized spacial score (nSPS) is 9.62. The quantitative estimate of drug-likeness (QED) is 0.384. The Hall–Kier alpha value is -2.12. The maximum atomic E-state index is 10.4. The van der Waals surface area contributed by atoms with Crippen LogP contribution in [-0.2, 0) is 11.8 Å². The largest absolute Gasteiger partial charge is 0.402 e. The molecule has 8 heteroatoms. The third kappa shape index (κ3) is 1.41. The number of aromatic nitrogens is 2. The summed E-state index contributed by atoms with van der Waals surface area (Å²) in [6, 6.07) is 0. The first-order valence-corrected chi connectivity index (χ1v) is 3.14. The van der Waals surface area contributed by atoms with E-state index < -0.39 is 16.6 Å². The molecule has 0 atom stereocenters. The SMILES string of the molecule is Cn1c(N)nc(OC=O)c1[N+](=O)[O-]. The van der Waals surface area contributed by atoms with Gasteiger partial charge in [-0.25, -0.2) is 0 Å². The lowest BCUT2D eigenvalue weighted by Crippen LogP contribution is -2.01. The van der Waals surface area contributed by atoms with Crippen LogP contribution in [0.1, 0.15) is 0 Å². The van der Waals surface area contributed by atoms with E-state index in [2.05, 4.69) is 9.72 Å². The number of hydrogen-bond acceptors (Lipinski definition) is 6. The van der Waals surface area contributed by atoms with Crippen molar-refractivity contribution in [1.82, 2.24) is 9.55 Å². The van der Waals surface area contributed by atoms with E-state index in [1.807, 2.05) is 0 Å². The fourth-order valence-electron chi connectivity index (χ4n) is 0.806. The zero-order valence-corrected chi connectivity index (χ0v) is 6.63. The molecule has 0 amide bonds. The number of nitrogen functional groups attached to an aromatic ring is 1. The third-order valence-electron chi connectivity index (χ3n) is 1.40. The lowest BCUT2D eigenvalue weighted by atomic mass is 10.7. The van der Waals surface area contributed by atoms with Gasteiger partial charge in [-0.15, -0.1) is 4.98 Å². The van der Waals surface area contributed by atoms with Gasteiger partial charge in [0.05, 0.1) is 7.05 Å². The maximum Gasteiger partial charge on any atom is 0.389 e. The van der Waals surface area contributed by atoms with E-state index in [1.165, 1.54) is 7.05 Å². The van der Waals surface area contributed by atoms with Crippen LogP contribution in [0.3, 0.4) is 0 Å². The first-order chi connectivity index (χ1) is 6.07. The average Bonchev–Trinajstić information content (AvgIpc) is 2.28. The molecule has 1 heterocycles. The summed E-state index contributed by atoms with van der Waals surface area (Å²) in [4.78, 5) is 23.1. The van der Waals surface area contributed by atoms with Gasteiger partial charge in [-0.3, -0.25) is 4.79 Å². The van der Waals surface area contributed by atoms with Crippen molar-refractivity contribution >= 4 is 18.2 Å². The average molecular weight is 186 g/mol.